The first-order valence-corrected chi connectivity index (χ1v) is 8.93. The quantitative estimate of drug-likeness (QED) is 0.720. The number of aromatic nitrogens is 2. The van der Waals surface area contributed by atoms with Gasteiger partial charge in [-0.1, -0.05) is 17.7 Å². The molecule has 142 valence electrons. The summed E-state index contributed by atoms with van der Waals surface area (Å²) in [5.41, 5.74) is 1.88. The van der Waals surface area contributed by atoms with Gasteiger partial charge in [-0.2, -0.15) is 5.10 Å². The zero-order chi connectivity index (χ0) is 18.1. The summed E-state index contributed by atoms with van der Waals surface area (Å²) in [6.45, 7) is 4.27. The van der Waals surface area contributed by atoms with Crippen LogP contribution in [0.5, 0.6) is 0 Å². The summed E-state index contributed by atoms with van der Waals surface area (Å²) in [6.07, 6.45) is 1.60. The first-order valence-electron chi connectivity index (χ1n) is 8.55. The van der Waals surface area contributed by atoms with Crippen molar-refractivity contribution in [1.82, 2.24) is 20.0 Å². The Kier molecular flexibility index (Phi) is 5.89. The van der Waals surface area contributed by atoms with Crippen LogP contribution in [0.2, 0.25) is 5.02 Å². The smallest absolute Gasteiger partial charge is 0.274 e. The van der Waals surface area contributed by atoms with Gasteiger partial charge in [0, 0.05) is 36.8 Å². The fourth-order valence-corrected chi connectivity index (χ4v) is 3.36. The van der Waals surface area contributed by atoms with Gasteiger partial charge in [0.15, 0.2) is 11.5 Å². The van der Waals surface area contributed by atoms with E-state index in [1.165, 1.54) is 0 Å². The summed E-state index contributed by atoms with van der Waals surface area (Å²) >= 11 is 6.14. The number of amides is 1. The second-order valence-corrected chi connectivity index (χ2v) is 6.77. The van der Waals surface area contributed by atoms with Crippen LogP contribution in [-0.4, -0.2) is 46.3 Å². The molecule has 0 spiro atoms. The maximum Gasteiger partial charge on any atom is 0.274 e. The Hall–Kier alpha value is -2.28. The Morgan fingerprint density at radius 3 is 2.85 bits per heavy atom. The Bertz CT molecular complexity index is 924. The molecule has 0 aliphatic carbocycles. The van der Waals surface area contributed by atoms with Gasteiger partial charge < -0.3 is 14.6 Å². The van der Waals surface area contributed by atoms with E-state index < -0.39 is 0 Å². The molecule has 6 nitrogen and oxygen atoms in total. The van der Waals surface area contributed by atoms with Crippen LogP contribution >= 0.6 is 24.0 Å². The SMILES string of the molecule is CC1CNCCN1C(=O)c1cc(-c2ccco2)n(-c2cccc(Cl)c2)n1.Cl. The van der Waals surface area contributed by atoms with Crippen LogP contribution in [0.3, 0.4) is 0 Å². The molecule has 3 aromatic rings. The maximum atomic E-state index is 13.0. The molecular formula is C19H20Cl2N4O2. The molecule has 0 bridgehead atoms. The summed E-state index contributed by atoms with van der Waals surface area (Å²) in [7, 11) is 0. The lowest BCUT2D eigenvalue weighted by molar-refractivity contribution is 0.0649. The highest BCUT2D eigenvalue weighted by molar-refractivity contribution is 6.30. The van der Waals surface area contributed by atoms with Crippen LogP contribution in [-0.2, 0) is 0 Å². The minimum Gasteiger partial charge on any atom is -0.463 e. The molecule has 1 fully saturated rings. The number of nitrogens with zero attached hydrogens (tertiary/aromatic N) is 3. The van der Waals surface area contributed by atoms with Crippen molar-refractivity contribution in [3.05, 3.63) is 59.4 Å². The lowest BCUT2D eigenvalue weighted by Gasteiger charge is -2.33. The van der Waals surface area contributed by atoms with E-state index in [-0.39, 0.29) is 24.4 Å². The summed E-state index contributed by atoms with van der Waals surface area (Å²) in [4.78, 5) is 14.9. The zero-order valence-electron chi connectivity index (χ0n) is 14.8. The monoisotopic (exact) mass is 406 g/mol. The van der Waals surface area contributed by atoms with Crippen LogP contribution < -0.4 is 5.32 Å². The van der Waals surface area contributed by atoms with E-state index in [4.69, 9.17) is 16.0 Å². The molecule has 1 aliphatic heterocycles. The number of hydrogen-bond acceptors (Lipinski definition) is 4. The van der Waals surface area contributed by atoms with Gasteiger partial charge in [0.1, 0.15) is 5.69 Å². The molecule has 1 N–H and O–H groups in total. The molecule has 1 atom stereocenters. The molecule has 0 radical (unpaired) electrons. The topological polar surface area (TPSA) is 63.3 Å². The highest BCUT2D eigenvalue weighted by Crippen LogP contribution is 2.26. The highest BCUT2D eigenvalue weighted by atomic mass is 35.5. The summed E-state index contributed by atoms with van der Waals surface area (Å²) in [5, 5.41) is 8.47. The molecule has 1 unspecified atom stereocenters. The van der Waals surface area contributed by atoms with E-state index in [2.05, 4.69) is 10.4 Å². The number of benzene rings is 1. The minimum atomic E-state index is -0.0763. The number of furan rings is 1. The van der Waals surface area contributed by atoms with Crippen molar-refractivity contribution >= 4 is 29.9 Å². The van der Waals surface area contributed by atoms with Gasteiger partial charge in [0.2, 0.25) is 0 Å². The van der Waals surface area contributed by atoms with E-state index in [1.54, 1.807) is 23.1 Å². The van der Waals surface area contributed by atoms with Crippen molar-refractivity contribution in [2.45, 2.75) is 13.0 Å². The van der Waals surface area contributed by atoms with E-state index in [9.17, 15) is 4.79 Å². The van der Waals surface area contributed by atoms with Crippen molar-refractivity contribution in [3.63, 3.8) is 0 Å². The van der Waals surface area contributed by atoms with Gasteiger partial charge in [-0.25, -0.2) is 4.68 Å². The third-order valence-corrected chi connectivity index (χ3v) is 4.75. The number of piperazine rings is 1. The van der Waals surface area contributed by atoms with Gasteiger partial charge in [0.05, 0.1) is 12.0 Å². The molecule has 0 saturated carbocycles. The summed E-state index contributed by atoms with van der Waals surface area (Å²) in [5.74, 6) is 0.567. The molecule has 1 amide bonds. The Morgan fingerprint density at radius 1 is 1.30 bits per heavy atom. The number of nitrogens with one attached hydrogen (secondary N) is 1. The van der Waals surface area contributed by atoms with Gasteiger partial charge >= 0.3 is 0 Å². The predicted molar refractivity (Wildman–Crippen MR) is 107 cm³/mol. The van der Waals surface area contributed by atoms with E-state index in [0.717, 1.165) is 18.8 Å². The van der Waals surface area contributed by atoms with Crippen molar-refractivity contribution in [2.24, 2.45) is 0 Å². The second kappa shape index (κ2) is 8.17. The molecule has 1 saturated heterocycles. The molecule has 27 heavy (non-hydrogen) atoms. The van der Waals surface area contributed by atoms with E-state index >= 15 is 0 Å². The fraction of sp³-hybridized carbons (Fsp3) is 0.263. The van der Waals surface area contributed by atoms with Crippen LogP contribution in [0.15, 0.2) is 53.1 Å². The largest absolute Gasteiger partial charge is 0.463 e. The molecule has 4 rings (SSSR count). The Balaban J connectivity index is 0.00000210. The average molecular weight is 407 g/mol. The van der Waals surface area contributed by atoms with Crippen LogP contribution in [0, 0.1) is 0 Å². The van der Waals surface area contributed by atoms with Crippen molar-refractivity contribution in [1.29, 1.82) is 0 Å². The van der Waals surface area contributed by atoms with Gasteiger partial charge in [-0.05, 0) is 37.3 Å². The van der Waals surface area contributed by atoms with Gasteiger partial charge in [-0.3, -0.25) is 4.79 Å². The third kappa shape index (κ3) is 3.88. The van der Waals surface area contributed by atoms with Gasteiger partial charge in [0.25, 0.3) is 5.91 Å². The zero-order valence-corrected chi connectivity index (χ0v) is 16.3. The van der Waals surface area contributed by atoms with Crippen LogP contribution in [0.4, 0.5) is 0 Å². The Labute approximate surface area is 168 Å². The van der Waals surface area contributed by atoms with E-state index in [1.807, 2.05) is 42.2 Å². The maximum absolute atomic E-state index is 13.0. The van der Waals surface area contributed by atoms with Crippen LogP contribution in [0.25, 0.3) is 17.1 Å². The Morgan fingerprint density at radius 2 is 2.15 bits per heavy atom. The highest BCUT2D eigenvalue weighted by Gasteiger charge is 2.27. The van der Waals surface area contributed by atoms with Crippen molar-refractivity contribution < 1.29 is 9.21 Å². The number of hydrogen-bond donors (Lipinski definition) is 1. The van der Waals surface area contributed by atoms with Gasteiger partial charge in [-0.15, -0.1) is 12.4 Å². The standard InChI is InChI=1S/C19H19ClN4O2.ClH/c1-13-12-21-7-8-23(13)19(25)16-11-17(18-6-3-9-26-18)24(22-16)15-5-2-4-14(20)10-15;/h2-6,9-11,13,21H,7-8,12H2,1H3;1H. The molecule has 1 aromatic carbocycles. The van der Waals surface area contributed by atoms with E-state index in [0.29, 0.717) is 28.7 Å². The normalized spacial score (nSPS) is 16.8. The molecule has 1 aliphatic rings. The molecule has 2 aromatic heterocycles. The number of rotatable bonds is 3. The summed E-state index contributed by atoms with van der Waals surface area (Å²) in [6, 6.07) is 12.9. The summed E-state index contributed by atoms with van der Waals surface area (Å²) < 4.78 is 7.24. The fourth-order valence-electron chi connectivity index (χ4n) is 3.18. The third-order valence-electron chi connectivity index (χ3n) is 4.52. The number of carbonyl (C=O) groups excluding carboxylic acids is 1. The lowest BCUT2D eigenvalue weighted by Crippen LogP contribution is -2.52. The second-order valence-electron chi connectivity index (χ2n) is 6.34. The molecule has 8 heteroatoms. The minimum absolute atomic E-state index is 0. The van der Waals surface area contributed by atoms with Crippen molar-refractivity contribution in [3.8, 4) is 17.1 Å². The predicted octanol–water partition coefficient (Wildman–Crippen LogP) is 3.64. The lowest BCUT2D eigenvalue weighted by atomic mass is 10.2. The van der Waals surface area contributed by atoms with Crippen LogP contribution in [0.1, 0.15) is 17.4 Å². The van der Waals surface area contributed by atoms with Crippen molar-refractivity contribution in [2.75, 3.05) is 19.6 Å². The number of carbonyl (C=O) groups is 1. The molecular weight excluding hydrogens is 387 g/mol. The number of halogens is 2. The molecule has 3 heterocycles. The average Bonchev–Trinajstić information content (AvgIpc) is 3.31. The first-order chi connectivity index (χ1) is 12.6. The first kappa shape index (κ1) is 19.5.